The van der Waals surface area contributed by atoms with E-state index in [4.69, 9.17) is 0 Å². The number of amides is 1. The van der Waals surface area contributed by atoms with Gasteiger partial charge in [0.25, 0.3) is 0 Å². The van der Waals surface area contributed by atoms with E-state index in [1.165, 1.54) is 7.05 Å². The molecular weight excluding hydrogens is 362 g/mol. The number of fused-ring (bicyclic) bond motifs is 1. The zero-order valence-corrected chi connectivity index (χ0v) is 15.6. The van der Waals surface area contributed by atoms with Crippen molar-refractivity contribution in [2.24, 2.45) is 0 Å². The Morgan fingerprint density at radius 2 is 1.76 bits per heavy atom. The lowest BCUT2D eigenvalue weighted by molar-refractivity contribution is -0.131. The number of halogens is 1. The molecule has 1 saturated heterocycles. The molecule has 0 saturated carbocycles. The number of benzene rings is 2. The van der Waals surface area contributed by atoms with E-state index in [0.29, 0.717) is 18.5 Å². The van der Waals surface area contributed by atoms with Crippen LogP contribution in [0.4, 0.5) is 0 Å². The number of sulfonamides is 1. The summed E-state index contributed by atoms with van der Waals surface area (Å²) >= 11 is 0. The zero-order valence-electron chi connectivity index (χ0n) is 14.0. The molecule has 8 heteroatoms. The van der Waals surface area contributed by atoms with Gasteiger partial charge < -0.3 is 10.2 Å². The van der Waals surface area contributed by atoms with E-state index in [-0.39, 0.29) is 29.8 Å². The minimum atomic E-state index is -3.73. The summed E-state index contributed by atoms with van der Waals surface area (Å²) in [7, 11) is -2.27. The lowest BCUT2D eigenvalue weighted by Crippen LogP contribution is -2.49. The van der Waals surface area contributed by atoms with Crippen molar-refractivity contribution in [3.8, 4) is 0 Å². The highest BCUT2D eigenvalue weighted by atomic mass is 35.5. The predicted octanol–water partition coefficient (Wildman–Crippen LogP) is 1.31. The molecule has 3 rings (SSSR count). The Morgan fingerprint density at radius 3 is 2.48 bits per heavy atom. The van der Waals surface area contributed by atoms with Gasteiger partial charge in [0.15, 0.2) is 0 Å². The van der Waals surface area contributed by atoms with Gasteiger partial charge in [-0.05, 0) is 11.5 Å². The number of rotatable bonds is 4. The van der Waals surface area contributed by atoms with Crippen LogP contribution >= 0.6 is 12.4 Å². The Balaban J connectivity index is 0.00000225. The first-order chi connectivity index (χ1) is 11.5. The third kappa shape index (κ3) is 4.12. The molecule has 0 spiro atoms. The van der Waals surface area contributed by atoms with E-state index in [9.17, 15) is 13.2 Å². The van der Waals surface area contributed by atoms with Crippen LogP contribution in [0.15, 0.2) is 47.4 Å². The van der Waals surface area contributed by atoms with E-state index >= 15 is 0 Å². The molecule has 0 unspecified atom stereocenters. The van der Waals surface area contributed by atoms with Crippen molar-refractivity contribution in [3.63, 3.8) is 0 Å². The fourth-order valence-electron chi connectivity index (χ4n) is 2.88. The van der Waals surface area contributed by atoms with E-state index in [1.807, 2.05) is 24.3 Å². The summed E-state index contributed by atoms with van der Waals surface area (Å²) in [5, 5.41) is 4.70. The van der Waals surface area contributed by atoms with Gasteiger partial charge in [-0.2, -0.15) is 4.31 Å². The Hall–Kier alpha value is -1.67. The second-order valence-corrected chi connectivity index (χ2v) is 7.88. The molecule has 1 heterocycles. The van der Waals surface area contributed by atoms with Crippen LogP contribution in [0.5, 0.6) is 0 Å². The van der Waals surface area contributed by atoms with Gasteiger partial charge >= 0.3 is 0 Å². The minimum absolute atomic E-state index is 0. The van der Waals surface area contributed by atoms with Crippen LogP contribution in [0, 0.1) is 0 Å². The van der Waals surface area contributed by atoms with Gasteiger partial charge in [0.1, 0.15) is 0 Å². The van der Waals surface area contributed by atoms with Crippen LogP contribution < -0.4 is 5.32 Å². The molecule has 1 aliphatic rings. The molecule has 0 aliphatic carbocycles. The molecule has 1 fully saturated rings. The summed E-state index contributed by atoms with van der Waals surface area (Å²) in [6, 6.07) is 12.5. The highest BCUT2D eigenvalue weighted by molar-refractivity contribution is 7.89. The maximum absolute atomic E-state index is 12.9. The van der Waals surface area contributed by atoms with Crippen LogP contribution in [-0.4, -0.2) is 63.3 Å². The van der Waals surface area contributed by atoms with Crippen LogP contribution in [0.3, 0.4) is 0 Å². The summed E-state index contributed by atoms with van der Waals surface area (Å²) in [4.78, 5) is 14.3. The van der Waals surface area contributed by atoms with Gasteiger partial charge in [-0.15, -0.1) is 12.4 Å². The number of piperazine rings is 1. The van der Waals surface area contributed by atoms with Crippen molar-refractivity contribution in [3.05, 3.63) is 42.5 Å². The average Bonchev–Trinajstić information content (AvgIpc) is 2.61. The maximum atomic E-state index is 12.9. The van der Waals surface area contributed by atoms with Crippen molar-refractivity contribution < 1.29 is 13.2 Å². The smallest absolute Gasteiger partial charge is 0.243 e. The first kappa shape index (κ1) is 19.7. The molecule has 2 aromatic rings. The summed E-state index contributed by atoms with van der Waals surface area (Å²) in [6.45, 7) is 2.56. The second kappa shape index (κ2) is 8.14. The standard InChI is InChI=1S/C17H21N3O3S.ClH/c1-19(13-17(21)20-11-9-18-10-12-20)24(22,23)16-8-4-6-14-5-2-3-7-15(14)16;/h2-8,18H,9-13H2,1H3;1H. The van der Waals surface area contributed by atoms with E-state index in [0.717, 1.165) is 22.8 Å². The van der Waals surface area contributed by atoms with Gasteiger partial charge in [0, 0.05) is 38.6 Å². The quantitative estimate of drug-likeness (QED) is 0.864. The molecule has 0 bridgehead atoms. The monoisotopic (exact) mass is 383 g/mol. The molecule has 0 atom stereocenters. The number of nitrogens with zero attached hydrogens (tertiary/aromatic N) is 2. The third-order valence-electron chi connectivity index (χ3n) is 4.27. The Bertz CT molecular complexity index is 846. The lowest BCUT2D eigenvalue weighted by Gasteiger charge is -2.29. The first-order valence-corrected chi connectivity index (χ1v) is 9.37. The molecule has 1 amide bonds. The van der Waals surface area contributed by atoms with Gasteiger partial charge in [0.2, 0.25) is 15.9 Å². The molecule has 6 nitrogen and oxygen atoms in total. The van der Waals surface area contributed by atoms with E-state index < -0.39 is 10.0 Å². The topological polar surface area (TPSA) is 69.7 Å². The van der Waals surface area contributed by atoms with Crippen LogP contribution in [-0.2, 0) is 14.8 Å². The number of carbonyl (C=O) groups excluding carboxylic acids is 1. The maximum Gasteiger partial charge on any atom is 0.243 e. The van der Waals surface area contributed by atoms with Crippen LogP contribution in [0.2, 0.25) is 0 Å². The van der Waals surface area contributed by atoms with Crippen molar-refractivity contribution >= 4 is 39.1 Å². The highest BCUT2D eigenvalue weighted by Crippen LogP contribution is 2.25. The summed E-state index contributed by atoms with van der Waals surface area (Å²) in [6.07, 6.45) is 0. The van der Waals surface area contributed by atoms with Gasteiger partial charge in [-0.25, -0.2) is 8.42 Å². The SMILES string of the molecule is CN(CC(=O)N1CCNCC1)S(=O)(=O)c1cccc2ccccc12.Cl. The first-order valence-electron chi connectivity index (χ1n) is 7.93. The molecule has 1 aliphatic heterocycles. The van der Waals surface area contributed by atoms with Crippen LogP contribution in [0.25, 0.3) is 10.8 Å². The molecule has 136 valence electrons. The Labute approximate surface area is 154 Å². The summed E-state index contributed by atoms with van der Waals surface area (Å²) in [5.74, 6) is -0.164. The zero-order chi connectivity index (χ0) is 17.2. The normalized spacial score (nSPS) is 15.2. The Kier molecular flexibility index (Phi) is 6.40. The van der Waals surface area contributed by atoms with E-state index in [2.05, 4.69) is 5.32 Å². The molecule has 0 radical (unpaired) electrons. The number of nitrogens with one attached hydrogen (secondary N) is 1. The van der Waals surface area contributed by atoms with Gasteiger partial charge in [0.05, 0.1) is 11.4 Å². The number of hydrogen-bond donors (Lipinski definition) is 1. The number of likely N-dealkylation sites (N-methyl/N-ethyl adjacent to an activating group) is 1. The predicted molar refractivity (Wildman–Crippen MR) is 100 cm³/mol. The fraction of sp³-hybridized carbons (Fsp3) is 0.353. The fourth-order valence-corrected chi connectivity index (χ4v) is 4.21. The molecule has 0 aromatic heterocycles. The van der Waals surface area contributed by atoms with Crippen molar-refractivity contribution in [1.82, 2.24) is 14.5 Å². The summed E-state index contributed by atoms with van der Waals surface area (Å²) < 4.78 is 27.0. The lowest BCUT2D eigenvalue weighted by atomic mass is 10.1. The second-order valence-electron chi connectivity index (χ2n) is 5.87. The van der Waals surface area contributed by atoms with Crippen molar-refractivity contribution in [1.29, 1.82) is 0 Å². The van der Waals surface area contributed by atoms with E-state index in [1.54, 1.807) is 23.1 Å². The largest absolute Gasteiger partial charge is 0.339 e. The minimum Gasteiger partial charge on any atom is -0.339 e. The van der Waals surface area contributed by atoms with Crippen LogP contribution in [0.1, 0.15) is 0 Å². The molecule has 2 aromatic carbocycles. The van der Waals surface area contributed by atoms with Crippen molar-refractivity contribution in [2.75, 3.05) is 39.8 Å². The molecular formula is C17H22ClN3O3S. The van der Waals surface area contributed by atoms with Crippen molar-refractivity contribution in [2.45, 2.75) is 4.90 Å². The number of carbonyl (C=O) groups is 1. The highest BCUT2D eigenvalue weighted by Gasteiger charge is 2.27. The number of hydrogen-bond acceptors (Lipinski definition) is 4. The average molecular weight is 384 g/mol. The van der Waals surface area contributed by atoms with Gasteiger partial charge in [-0.3, -0.25) is 4.79 Å². The third-order valence-corrected chi connectivity index (χ3v) is 6.13. The van der Waals surface area contributed by atoms with Gasteiger partial charge in [-0.1, -0.05) is 36.4 Å². The summed E-state index contributed by atoms with van der Waals surface area (Å²) in [5.41, 5.74) is 0. The molecule has 25 heavy (non-hydrogen) atoms. The Morgan fingerprint density at radius 1 is 1.12 bits per heavy atom. The molecule has 1 N–H and O–H groups in total.